The number of nitriles is 1. The highest BCUT2D eigenvalue weighted by molar-refractivity contribution is 7.89. The molecule has 0 spiro atoms. The van der Waals surface area contributed by atoms with Crippen LogP contribution in [0.5, 0.6) is 0 Å². The molecule has 2 rings (SSSR count). The lowest BCUT2D eigenvalue weighted by Gasteiger charge is -2.13. The summed E-state index contributed by atoms with van der Waals surface area (Å²) in [4.78, 5) is 16.6. The number of thiazole rings is 1. The highest BCUT2D eigenvalue weighted by Gasteiger charge is 2.23. The van der Waals surface area contributed by atoms with Gasteiger partial charge in [0, 0.05) is 5.41 Å². The van der Waals surface area contributed by atoms with Gasteiger partial charge in [-0.05, 0) is 17.7 Å². The van der Waals surface area contributed by atoms with Gasteiger partial charge in [0.2, 0.25) is 10.0 Å². The molecule has 2 aromatic rings. The van der Waals surface area contributed by atoms with Crippen LogP contribution in [0.1, 0.15) is 46.6 Å². The molecule has 0 saturated carbocycles. The fourth-order valence-electron chi connectivity index (χ4n) is 1.85. The maximum Gasteiger partial charge on any atom is 0.276 e. The molecule has 1 aromatic carbocycles. The maximum atomic E-state index is 12.1. The molecule has 0 bridgehead atoms. The normalized spacial score (nSPS) is 11.8. The van der Waals surface area contributed by atoms with Crippen molar-refractivity contribution in [3.8, 4) is 6.07 Å². The van der Waals surface area contributed by atoms with E-state index >= 15 is 0 Å². The van der Waals surface area contributed by atoms with Crippen molar-refractivity contribution in [1.82, 2.24) is 9.71 Å². The Balaban J connectivity index is 2.09. The van der Waals surface area contributed by atoms with Crippen LogP contribution in [0.15, 0.2) is 30.5 Å². The Bertz CT molecular complexity index is 886. The number of hydrogen-bond donors (Lipinski definition) is 1. The smallest absolute Gasteiger partial charge is 0.267 e. The Morgan fingerprint density at radius 2 is 1.92 bits per heavy atom. The number of rotatable bonds is 4. The number of benzene rings is 1. The number of nitrogens with one attached hydrogen (secondary N) is 1. The number of carbonyl (C=O) groups excluding carboxylic acids is 1. The summed E-state index contributed by atoms with van der Waals surface area (Å²) in [5.41, 5.74) is 0.735. The van der Waals surface area contributed by atoms with Crippen LogP contribution in [0, 0.1) is 11.3 Å². The molecule has 1 heterocycles. The quantitative estimate of drug-likeness (QED) is 0.900. The van der Waals surface area contributed by atoms with Gasteiger partial charge in [-0.2, -0.15) is 5.26 Å². The molecule has 1 amide bonds. The van der Waals surface area contributed by atoms with Gasteiger partial charge in [-0.15, -0.1) is 11.3 Å². The Labute approximate surface area is 145 Å². The van der Waals surface area contributed by atoms with Crippen LogP contribution in [0.2, 0.25) is 0 Å². The predicted octanol–water partition coefficient (Wildman–Crippen LogP) is 2.57. The van der Waals surface area contributed by atoms with Crippen molar-refractivity contribution in [3.63, 3.8) is 0 Å². The minimum atomic E-state index is -3.83. The number of carbonyl (C=O) groups is 1. The SMILES string of the molecule is CC(C)(C)c1ncc(C(=O)NS(=O)(=O)Cc2ccc(C#N)cc2)s1. The van der Waals surface area contributed by atoms with Crippen molar-refractivity contribution in [2.24, 2.45) is 0 Å². The first-order chi connectivity index (χ1) is 11.1. The molecular weight excluding hydrogens is 346 g/mol. The minimum Gasteiger partial charge on any atom is -0.267 e. The molecule has 0 atom stereocenters. The molecule has 0 aliphatic carbocycles. The summed E-state index contributed by atoms with van der Waals surface area (Å²) in [6.07, 6.45) is 1.39. The van der Waals surface area contributed by atoms with E-state index in [0.29, 0.717) is 11.1 Å². The number of hydrogen-bond acceptors (Lipinski definition) is 6. The van der Waals surface area contributed by atoms with E-state index in [4.69, 9.17) is 5.26 Å². The summed E-state index contributed by atoms with van der Waals surface area (Å²) < 4.78 is 26.3. The first-order valence-corrected chi connectivity index (χ1v) is 9.58. The summed E-state index contributed by atoms with van der Waals surface area (Å²) in [5.74, 6) is -1.02. The lowest BCUT2D eigenvalue weighted by Crippen LogP contribution is -2.31. The van der Waals surface area contributed by atoms with Gasteiger partial charge in [-0.25, -0.2) is 18.1 Å². The summed E-state index contributed by atoms with van der Waals surface area (Å²) in [6.45, 7) is 5.90. The van der Waals surface area contributed by atoms with Crippen LogP contribution < -0.4 is 4.72 Å². The molecule has 126 valence electrons. The Morgan fingerprint density at radius 1 is 1.29 bits per heavy atom. The molecule has 1 N–H and O–H groups in total. The second kappa shape index (κ2) is 6.71. The molecule has 0 aliphatic rings. The van der Waals surface area contributed by atoms with E-state index < -0.39 is 15.9 Å². The van der Waals surface area contributed by atoms with Gasteiger partial charge in [0.05, 0.1) is 28.6 Å². The topological polar surface area (TPSA) is 99.9 Å². The molecule has 8 heteroatoms. The van der Waals surface area contributed by atoms with Crippen LogP contribution >= 0.6 is 11.3 Å². The van der Waals surface area contributed by atoms with Crippen LogP contribution in [0.3, 0.4) is 0 Å². The monoisotopic (exact) mass is 363 g/mol. The zero-order valence-corrected chi connectivity index (χ0v) is 15.2. The van der Waals surface area contributed by atoms with Crippen molar-refractivity contribution in [2.45, 2.75) is 31.9 Å². The number of amides is 1. The van der Waals surface area contributed by atoms with E-state index in [2.05, 4.69) is 9.71 Å². The standard InChI is InChI=1S/C16H17N3O3S2/c1-16(2,3)15-18-9-13(23-15)14(20)19-24(21,22)10-12-6-4-11(8-17)5-7-12/h4-7,9H,10H2,1-3H3,(H,19,20). The Hall–Kier alpha value is -2.24. The summed E-state index contributed by atoms with van der Waals surface area (Å²) in [7, 11) is -3.83. The zero-order valence-electron chi connectivity index (χ0n) is 13.5. The minimum absolute atomic E-state index is 0.204. The molecule has 0 radical (unpaired) electrons. The summed E-state index contributed by atoms with van der Waals surface area (Å²) in [5, 5.41) is 9.50. The number of nitrogens with zero attached hydrogens (tertiary/aromatic N) is 2. The van der Waals surface area contributed by atoms with E-state index in [9.17, 15) is 13.2 Å². The van der Waals surface area contributed by atoms with Gasteiger partial charge in [-0.3, -0.25) is 4.79 Å². The van der Waals surface area contributed by atoms with E-state index in [1.807, 2.05) is 26.8 Å². The van der Waals surface area contributed by atoms with Gasteiger partial charge in [-0.1, -0.05) is 32.9 Å². The van der Waals surface area contributed by atoms with Crippen molar-refractivity contribution < 1.29 is 13.2 Å². The van der Waals surface area contributed by atoms with Crippen LogP contribution in [0.25, 0.3) is 0 Å². The predicted molar refractivity (Wildman–Crippen MR) is 92.1 cm³/mol. The number of sulfonamides is 1. The molecule has 0 saturated heterocycles. The van der Waals surface area contributed by atoms with Crippen molar-refractivity contribution >= 4 is 27.3 Å². The van der Waals surface area contributed by atoms with Crippen LogP contribution in [0.4, 0.5) is 0 Å². The zero-order chi connectivity index (χ0) is 18.0. The van der Waals surface area contributed by atoms with E-state index in [-0.39, 0.29) is 16.0 Å². The molecule has 24 heavy (non-hydrogen) atoms. The van der Waals surface area contributed by atoms with E-state index in [1.54, 1.807) is 12.1 Å². The first kappa shape index (κ1) is 18.1. The van der Waals surface area contributed by atoms with Crippen molar-refractivity contribution in [3.05, 3.63) is 51.5 Å². The van der Waals surface area contributed by atoms with Gasteiger partial charge >= 0.3 is 0 Å². The fraction of sp³-hybridized carbons (Fsp3) is 0.312. The van der Waals surface area contributed by atoms with Crippen LogP contribution in [-0.4, -0.2) is 19.3 Å². The van der Waals surface area contributed by atoms with Crippen molar-refractivity contribution in [1.29, 1.82) is 5.26 Å². The molecular formula is C16H17N3O3S2. The Morgan fingerprint density at radius 3 is 2.42 bits per heavy atom. The third kappa shape index (κ3) is 4.63. The maximum absolute atomic E-state index is 12.1. The third-order valence-corrected chi connectivity index (χ3v) is 5.69. The fourth-order valence-corrected chi connectivity index (χ4v) is 3.88. The first-order valence-electron chi connectivity index (χ1n) is 7.11. The average Bonchev–Trinajstić information content (AvgIpc) is 2.97. The lowest BCUT2D eigenvalue weighted by molar-refractivity contribution is 0.0985. The second-order valence-corrected chi connectivity index (χ2v) is 9.03. The van der Waals surface area contributed by atoms with Gasteiger partial charge in [0.1, 0.15) is 4.88 Å². The van der Waals surface area contributed by atoms with E-state index in [0.717, 1.165) is 5.01 Å². The van der Waals surface area contributed by atoms with E-state index in [1.165, 1.54) is 29.7 Å². The second-order valence-electron chi connectivity index (χ2n) is 6.28. The van der Waals surface area contributed by atoms with Gasteiger partial charge in [0.25, 0.3) is 5.91 Å². The lowest BCUT2D eigenvalue weighted by atomic mass is 9.98. The van der Waals surface area contributed by atoms with Crippen LogP contribution in [-0.2, 0) is 21.2 Å². The molecule has 0 unspecified atom stereocenters. The summed E-state index contributed by atoms with van der Waals surface area (Å²) in [6, 6.07) is 8.12. The Kier molecular flexibility index (Phi) is 5.06. The average molecular weight is 363 g/mol. The van der Waals surface area contributed by atoms with Gasteiger partial charge < -0.3 is 0 Å². The van der Waals surface area contributed by atoms with Crippen molar-refractivity contribution in [2.75, 3.05) is 0 Å². The molecule has 1 aromatic heterocycles. The summed E-state index contributed by atoms with van der Waals surface area (Å²) >= 11 is 1.18. The number of aromatic nitrogens is 1. The molecule has 6 nitrogen and oxygen atoms in total. The third-order valence-electron chi connectivity index (χ3n) is 3.06. The molecule has 0 fully saturated rings. The largest absolute Gasteiger partial charge is 0.276 e. The highest BCUT2D eigenvalue weighted by atomic mass is 32.2. The highest BCUT2D eigenvalue weighted by Crippen LogP contribution is 2.26. The molecule has 0 aliphatic heterocycles. The van der Waals surface area contributed by atoms with Gasteiger partial charge in [0.15, 0.2) is 0 Å².